The summed E-state index contributed by atoms with van der Waals surface area (Å²) in [5.41, 5.74) is 3.80. The van der Waals surface area contributed by atoms with Gasteiger partial charge < -0.3 is 4.74 Å². The number of thioether (sulfide) groups is 1. The molecule has 0 radical (unpaired) electrons. The fourth-order valence-corrected chi connectivity index (χ4v) is 4.64. The number of para-hydroxylation sites is 1. The van der Waals surface area contributed by atoms with Crippen molar-refractivity contribution in [2.24, 2.45) is 10.1 Å². The van der Waals surface area contributed by atoms with E-state index >= 15 is 0 Å². The highest BCUT2D eigenvalue weighted by Crippen LogP contribution is 2.32. The molecule has 1 N–H and O–H groups in total. The van der Waals surface area contributed by atoms with Gasteiger partial charge in [-0.15, -0.1) is 5.10 Å². The average molecular weight is 469 g/mol. The molecule has 7 heteroatoms. The number of nitrogens with zero attached hydrogens (tertiary/aromatic N) is 3. The Morgan fingerprint density at radius 1 is 1.09 bits per heavy atom. The number of ether oxygens (including phenoxy) is 1. The van der Waals surface area contributed by atoms with Crippen molar-refractivity contribution in [3.05, 3.63) is 113 Å². The number of hydrogen-bond donors (Lipinski definition) is 1. The van der Waals surface area contributed by atoms with E-state index in [0.717, 1.165) is 21.9 Å². The standard InChI is InChI=1S/C27H24N4O2S/c1-3-16-33-21-14-12-20(13-15-21)25-28-23-7-5-4-6-22(23)24-26(32)29-27(30-31(24)25)34-17-19-10-8-18(2)9-11-19/h3-15,25H,1,16-17H2,2H3,(H,29,30,32). The summed E-state index contributed by atoms with van der Waals surface area (Å²) in [6.07, 6.45) is 1.25. The SMILES string of the molecule is C=CCOc1ccc(C2N=c3ccccc3=C3C(=O)NC(SCc4ccc(C)cc4)=NN32)cc1. The third-order valence-corrected chi connectivity index (χ3v) is 6.49. The van der Waals surface area contributed by atoms with E-state index in [-0.39, 0.29) is 5.91 Å². The number of hydrazone groups is 1. The van der Waals surface area contributed by atoms with Crippen LogP contribution >= 0.6 is 11.8 Å². The Kier molecular flexibility index (Phi) is 6.18. The molecule has 6 nitrogen and oxygen atoms in total. The molecule has 2 aliphatic heterocycles. The van der Waals surface area contributed by atoms with Crippen LogP contribution in [0.3, 0.4) is 0 Å². The molecule has 0 saturated heterocycles. The summed E-state index contributed by atoms with van der Waals surface area (Å²) in [6.45, 7) is 6.19. The van der Waals surface area contributed by atoms with Gasteiger partial charge in [0.15, 0.2) is 11.3 Å². The van der Waals surface area contributed by atoms with Crippen molar-refractivity contribution in [2.75, 3.05) is 6.61 Å². The third kappa shape index (κ3) is 4.47. The fourth-order valence-electron chi connectivity index (χ4n) is 3.84. The largest absolute Gasteiger partial charge is 0.490 e. The number of benzene rings is 3. The van der Waals surface area contributed by atoms with Gasteiger partial charge in [-0.25, -0.2) is 5.01 Å². The van der Waals surface area contributed by atoms with E-state index in [0.29, 0.717) is 23.2 Å². The van der Waals surface area contributed by atoms with Gasteiger partial charge in [0.05, 0.1) is 5.36 Å². The Morgan fingerprint density at radius 2 is 1.85 bits per heavy atom. The smallest absolute Gasteiger partial charge is 0.276 e. The van der Waals surface area contributed by atoms with E-state index in [2.05, 4.69) is 43.1 Å². The number of nitrogens with one attached hydrogen (secondary N) is 1. The monoisotopic (exact) mass is 468 g/mol. The van der Waals surface area contributed by atoms with Crippen molar-refractivity contribution < 1.29 is 9.53 Å². The molecule has 3 aromatic carbocycles. The number of amidine groups is 1. The second-order valence-electron chi connectivity index (χ2n) is 8.02. The maximum atomic E-state index is 13.3. The maximum absolute atomic E-state index is 13.3. The highest BCUT2D eigenvalue weighted by Gasteiger charge is 2.34. The molecule has 34 heavy (non-hydrogen) atoms. The highest BCUT2D eigenvalue weighted by molar-refractivity contribution is 8.13. The molecule has 5 rings (SSSR count). The molecule has 0 spiro atoms. The quantitative estimate of drug-likeness (QED) is 0.561. The lowest BCUT2D eigenvalue weighted by Gasteiger charge is -2.34. The zero-order valence-corrected chi connectivity index (χ0v) is 19.6. The lowest BCUT2D eigenvalue weighted by atomic mass is 10.1. The lowest BCUT2D eigenvalue weighted by molar-refractivity contribution is -0.116. The molecule has 1 unspecified atom stereocenters. The van der Waals surface area contributed by atoms with Crippen LogP contribution in [0, 0.1) is 6.92 Å². The second kappa shape index (κ2) is 9.57. The summed E-state index contributed by atoms with van der Waals surface area (Å²) in [4.78, 5) is 18.2. The summed E-state index contributed by atoms with van der Waals surface area (Å²) >= 11 is 1.50. The first-order chi connectivity index (χ1) is 16.6. The molecule has 2 aliphatic rings. The third-order valence-electron chi connectivity index (χ3n) is 5.56. The molecule has 3 aromatic rings. The average Bonchev–Trinajstić information content (AvgIpc) is 2.87. The minimum absolute atomic E-state index is 0.181. The van der Waals surface area contributed by atoms with E-state index < -0.39 is 6.17 Å². The van der Waals surface area contributed by atoms with E-state index in [4.69, 9.17) is 14.8 Å². The summed E-state index contributed by atoms with van der Waals surface area (Å²) in [6, 6.07) is 23.7. The predicted octanol–water partition coefficient (Wildman–Crippen LogP) is 3.64. The van der Waals surface area contributed by atoms with Gasteiger partial charge in [0.25, 0.3) is 5.91 Å². The van der Waals surface area contributed by atoms with Crippen molar-refractivity contribution >= 4 is 28.5 Å². The molecule has 1 atom stereocenters. The van der Waals surface area contributed by atoms with Gasteiger partial charge in [-0.05, 0) is 36.2 Å². The van der Waals surface area contributed by atoms with Crippen LogP contribution in [0.2, 0.25) is 0 Å². The van der Waals surface area contributed by atoms with Gasteiger partial charge >= 0.3 is 0 Å². The molecule has 0 aliphatic carbocycles. The van der Waals surface area contributed by atoms with E-state index in [9.17, 15) is 4.79 Å². The molecular weight excluding hydrogens is 444 g/mol. The molecule has 0 saturated carbocycles. The summed E-state index contributed by atoms with van der Waals surface area (Å²) < 4.78 is 5.61. The van der Waals surface area contributed by atoms with Gasteiger partial charge in [0.2, 0.25) is 0 Å². The molecule has 170 valence electrons. The van der Waals surface area contributed by atoms with Crippen LogP contribution in [0.15, 0.2) is 95.5 Å². The topological polar surface area (TPSA) is 66.3 Å². The Balaban J connectivity index is 1.50. The Morgan fingerprint density at radius 3 is 2.62 bits per heavy atom. The van der Waals surface area contributed by atoms with Crippen molar-refractivity contribution in [1.82, 2.24) is 10.3 Å². The highest BCUT2D eigenvalue weighted by atomic mass is 32.2. The van der Waals surface area contributed by atoms with Crippen LogP contribution < -0.4 is 20.6 Å². The van der Waals surface area contributed by atoms with Gasteiger partial charge in [0, 0.05) is 11.0 Å². The van der Waals surface area contributed by atoms with E-state index in [1.165, 1.54) is 22.9 Å². The Bertz CT molecular complexity index is 1380. The number of fused-ring (bicyclic) bond motifs is 2. The van der Waals surface area contributed by atoms with Gasteiger partial charge in [-0.3, -0.25) is 15.1 Å². The molecular formula is C27H24N4O2S. The van der Waals surface area contributed by atoms with Gasteiger partial charge in [-0.2, -0.15) is 0 Å². The number of hydrogen-bond acceptors (Lipinski definition) is 6. The summed E-state index contributed by atoms with van der Waals surface area (Å²) in [5, 5.41) is 11.6. The van der Waals surface area contributed by atoms with Crippen molar-refractivity contribution in [3.8, 4) is 5.75 Å². The first-order valence-electron chi connectivity index (χ1n) is 11.0. The van der Waals surface area contributed by atoms with Crippen molar-refractivity contribution in [3.63, 3.8) is 0 Å². The summed E-state index contributed by atoms with van der Waals surface area (Å²) in [7, 11) is 0. The Labute approximate surface area is 202 Å². The fraction of sp³-hybridized carbons (Fsp3) is 0.148. The zero-order valence-electron chi connectivity index (χ0n) is 18.8. The van der Waals surface area contributed by atoms with Gasteiger partial charge in [0.1, 0.15) is 18.1 Å². The van der Waals surface area contributed by atoms with Crippen LogP contribution in [0.4, 0.5) is 0 Å². The molecule has 0 aromatic heterocycles. The molecule has 2 heterocycles. The van der Waals surface area contributed by atoms with Crippen LogP contribution in [0.5, 0.6) is 5.75 Å². The Hall–Kier alpha value is -3.84. The number of aryl methyl sites for hydroxylation is 1. The first kappa shape index (κ1) is 22.0. The second-order valence-corrected chi connectivity index (χ2v) is 8.98. The van der Waals surface area contributed by atoms with Gasteiger partial charge in [-0.1, -0.05) is 84.6 Å². The first-order valence-corrected chi connectivity index (χ1v) is 12.0. The predicted molar refractivity (Wildman–Crippen MR) is 135 cm³/mol. The van der Waals surface area contributed by atoms with E-state index in [1.807, 2.05) is 48.5 Å². The molecule has 0 bridgehead atoms. The summed E-state index contributed by atoms with van der Waals surface area (Å²) in [5.74, 6) is 1.27. The van der Waals surface area contributed by atoms with Crippen molar-refractivity contribution in [2.45, 2.75) is 18.8 Å². The normalized spacial score (nSPS) is 16.6. The lowest BCUT2D eigenvalue weighted by Crippen LogP contribution is -2.50. The molecule has 1 amide bonds. The minimum Gasteiger partial charge on any atom is -0.490 e. The number of carbonyl (C=O) groups is 1. The number of amides is 1. The van der Waals surface area contributed by atoms with Crippen molar-refractivity contribution in [1.29, 1.82) is 0 Å². The van der Waals surface area contributed by atoms with Crippen LogP contribution in [-0.2, 0) is 10.5 Å². The maximum Gasteiger partial charge on any atom is 0.276 e. The van der Waals surface area contributed by atoms with E-state index in [1.54, 1.807) is 11.1 Å². The van der Waals surface area contributed by atoms with Crippen LogP contribution in [-0.4, -0.2) is 22.7 Å². The van der Waals surface area contributed by atoms with Crippen LogP contribution in [0.25, 0.3) is 5.70 Å². The minimum atomic E-state index is -0.459. The number of rotatable bonds is 6. The zero-order chi connectivity index (χ0) is 23.5. The molecule has 0 fully saturated rings. The van der Waals surface area contributed by atoms with Crippen LogP contribution in [0.1, 0.15) is 22.9 Å². The number of carbonyl (C=O) groups excluding carboxylic acids is 1.